The van der Waals surface area contributed by atoms with Crippen LogP contribution in [-0.4, -0.2) is 32.0 Å². The molecule has 24 heavy (non-hydrogen) atoms. The van der Waals surface area contributed by atoms with E-state index in [9.17, 15) is 13.2 Å². The number of thiocarbonyl (C=S) groups is 1. The van der Waals surface area contributed by atoms with Crippen molar-refractivity contribution >= 4 is 50.6 Å². The van der Waals surface area contributed by atoms with Crippen LogP contribution in [0, 0.1) is 0 Å². The van der Waals surface area contributed by atoms with Crippen LogP contribution >= 0.6 is 23.8 Å². The quantitative estimate of drug-likeness (QED) is 0.792. The summed E-state index contributed by atoms with van der Waals surface area (Å²) in [6, 6.07) is 1.36. The van der Waals surface area contributed by atoms with Crippen LogP contribution in [0.2, 0.25) is 0 Å². The van der Waals surface area contributed by atoms with E-state index >= 15 is 0 Å². The monoisotopic (exact) mass is 373 g/mol. The number of nitrogens with zero attached hydrogens (tertiary/aromatic N) is 3. The van der Waals surface area contributed by atoms with Gasteiger partial charge in [-0.15, -0.1) is 0 Å². The zero-order chi connectivity index (χ0) is 17.6. The molecule has 3 heterocycles. The van der Waals surface area contributed by atoms with E-state index < -0.39 is 23.8 Å². The third kappa shape index (κ3) is 2.94. The van der Waals surface area contributed by atoms with Gasteiger partial charge in [-0.1, -0.05) is 23.8 Å². The van der Waals surface area contributed by atoms with Gasteiger partial charge in [0, 0.05) is 11.6 Å². The third-order valence-corrected chi connectivity index (χ3v) is 4.51. The first-order chi connectivity index (χ1) is 11.2. The molecule has 2 atom stereocenters. The van der Waals surface area contributed by atoms with Gasteiger partial charge in [0.2, 0.25) is 0 Å². The molecule has 0 spiro atoms. The van der Waals surface area contributed by atoms with Crippen LogP contribution in [0.4, 0.5) is 13.2 Å². The second-order valence-electron chi connectivity index (χ2n) is 5.28. The Balaban J connectivity index is 2.04. The van der Waals surface area contributed by atoms with Crippen LogP contribution < -0.4 is 5.73 Å². The highest BCUT2D eigenvalue weighted by Crippen LogP contribution is 2.35. The van der Waals surface area contributed by atoms with Crippen molar-refractivity contribution in [3.8, 4) is 0 Å². The van der Waals surface area contributed by atoms with Gasteiger partial charge in [-0.3, -0.25) is 4.98 Å². The van der Waals surface area contributed by atoms with Gasteiger partial charge in [-0.25, -0.2) is 9.98 Å². The van der Waals surface area contributed by atoms with Crippen molar-refractivity contribution in [1.29, 1.82) is 0 Å². The summed E-state index contributed by atoms with van der Waals surface area (Å²) >= 11 is 10.9. The van der Waals surface area contributed by atoms with Crippen molar-refractivity contribution in [2.75, 3.05) is 0 Å². The number of aromatic amines is 1. The molecule has 0 radical (unpaired) electrons. The number of aromatic nitrogens is 2. The summed E-state index contributed by atoms with van der Waals surface area (Å²) < 4.78 is 39.1. The molecule has 0 bridgehead atoms. The van der Waals surface area contributed by atoms with Crippen LogP contribution in [0.1, 0.15) is 24.1 Å². The Kier molecular flexibility index (Phi) is 4.18. The highest BCUT2D eigenvalue weighted by molar-refractivity contribution is 7.82. The van der Waals surface area contributed by atoms with Crippen molar-refractivity contribution in [1.82, 2.24) is 9.97 Å². The number of amidine groups is 1. The number of H-pyrrole nitrogens is 1. The van der Waals surface area contributed by atoms with Gasteiger partial charge in [0.25, 0.3) is 0 Å². The fourth-order valence-electron chi connectivity index (χ4n) is 2.36. The van der Waals surface area contributed by atoms with Gasteiger partial charge in [0.15, 0.2) is 0 Å². The number of rotatable bonds is 2. The fourth-order valence-corrected chi connectivity index (χ4v) is 2.65. The molecule has 3 rings (SSSR count). The number of hydrogen-bond donors (Lipinski definition) is 2. The van der Waals surface area contributed by atoms with E-state index in [1.54, 1.807) is 6.92 Å². The lowest BCUT2D eigenvalue weighted by Crippen LogP contribution is -2.36. The highest BCUT2D eigenvalue weighted by atomic mass is 35.5. The van der Waals surface area contributed by atoms with Crippen molar-refractivity contribution in [3.05, 3.63) is 29.7 Å². The number of nitrogens with one attached hydrogen (secondary N) is 1. The zero-order valence-electron chi connectivity index (χ0n) is 12.2. The zero-order valence-corrected chi connectivity index (χ0v) is 13.8. The molecular weight excluding hydrogens is 363 g/mol. The minimum atomic E-state index is -4.46. The van der Waals surface area contributed by atoms with Crippen LogP contribution in [-0.2, 0) is 6.18 Å². The first-order valence-corrected chi connectivity index (χ1v) is 7.63. The van der Waals surface area contributed by atoms with Gasteiger partial charge in [-0.05, 0) is 13.0 Å². The van der Waals surface area contributed by atoms with E-state index in [0.29, 0.717) is 11.2 Å². The van der Waals surface area contributed by atoms with E-state index in [2.05, 4.69) is 20.0 Å². The minimum Gasteiger partial charge on any atom is -0.359 e. The maximum absolute atomic E-state index is 13.0. The summed E-state index contributed by atoms with van der Waals surface area (Å²) in [6.45, 7) is 1.71. The number of halogens is 4. The lowest BCUT2D eigenvalue weighted by Gasteiger charge is -2.19. The molecule has 2 aromatic heterocycles. The number of hydrogen-bond acceptors (Lipinski definition) is 5. The maximum Gasteiger partial charge on any atom is 0.418 e. The summed E-state index contributed by atoms with van der Waals surface area (Å²) in [5.74, 6) is -0.217. The Hall–Kier alpha value is -1.84. The van der Waals surface area contributed by atoms with Gasteiger partial charge in [-0.2, -0.15) is 13.2 Å². The summed E-state index contributed by atoms with van der Waals surface area (Å²) in [6.07, 6.45) is -3.00. The Morgan fingerprint density at radius 3 is 2.75 bits per heavy atom. The van der Waals surface area contributed by atoms with E-state index in [-0.39, 0.29) is 21.3 Å². The van der Waals surface area contributed by atoms with Crippen LogP contribution in [0.3, 0.4) is 0 Å². The molecule has 0 amide bonds. The smallest absolute Gasteiger partial charge is 0.359 e. The summed E-state index contributed by atoms with van der Waals surface area (Å²) in [4.78, 5) is 15.2. The second-order valence-corrected chi connectivity index (χ2v) is 6.07. The largest absolute Gasteiger partial charge is 0.418 e. The van der Waals surface area contributed by atoms with E-state index in [1.165, 1.54) is 12.3 Å². The topological polar surface area (TPSA) is 79.4 Å². The first-order valence-electron chi connectivity index (χ1n) is 6.84. The Morgan fingerprint density at radius 1 is 1.42 bits per heavy atom. The van der Waals surface area contributed by atoms with Crippen LogP contribution in [0.25, 0.3) is 10.9 Å². The van der Waals surface area contributed by atoms with E-state index in [4.69, 9.17) is 29.6 Å². The minimum absolute atomic E-state index is 0.0330. The molecule has 0 saturated heterocycles. The predicted octanol–water partition coefficient (Wildman–Crippen LogP) is 3.39. The number of aliphatic imine (C=N–C) groups is 2. The second kappa shape index (κ2) is 5.91. The maximum atomic E-state index is 13.0. The average molecular weight is 374 g/mol. The molecule has 10 heteroatoms. The van der Waals surface area contributed by atoms with E-state index in [0.717, 1.165) is 6.20 Å². The van der Waals surface area contributed by atoms with E-state index in [1.807, 2.05) is 0 Å². The van der Waals surface area contributed by atoms with Crippen molar-refractivity contribution in [3.63, 3.8) is 0 Å². The van der Waals surface area contributed by atoms with Gasteiger partial charge >= 0.3 is 6.18 Å². The molecule has 2 aromatic rings. The van der Waals surface area contributed by atoms with Gasteiger partial charge in [0.1, 0.15) is 17.2 Å². The average Bonchev–Trinajstić information content (AvgIpc) is 2.94. The molecule has 1 aliphatic rings. The fraction of sp³-hybridized carbons (Fsp3) is 0.286. The number of alkyl halides is 3. The Labute approximate surface area is 144 Å². The predicted molar refractivity (Wildman–Crippen MR) is 90.8 cm³/mol. The highest BCUT2D eigenvalue weighted by Gasteiger charge is 2.34. The van der Waals surface area contributed by atoms with Crippen molar-refractivity contribution in [2.24, 2.45) is 15.7 Å². The lowest BCUT2D eigenvalue weighted by atomic mass is 10.0. The summed E-state index contributed by atoms with van der Waals surface area (Å²) in [5, 5.41) is 0.0960. The Bertz CT molecular complexity index is 886. The molecular formula is C14H11ClF3N5S. The third-order valence-electron chi connectivity index (χ3n) is 3.68. The normalized spacial score (nSPS) is 20.1. The van der Waals surface area contributed by atoms with Crippen molar-refractivity contribution < 1.29 is 13.2 Å². The van der Waals surface area contributed by atoms with Gasteiger partial charge < -0.3 is 10.7 Å². The van der Waals surface area contributed by atoms with Crippen LogP contribution in [0.5, 0.6) is 0 Å². The number of nitrogens with two attached hydrogens (primary N) is 1. The van der Waals surface area contributed by atoms with Gasteiger partial charge in [0.05, 0.1) is 33.8 Å². The number of pyridine rings is 1. The number of fused-ring (bicyclic) bond motifs is 1. The summed E-state index contributed by atoms with van der Waals surface area (Å²) in [7, 11) is 0. The van der Waals surface area contributed by atoms with Crippen LogP contribution in [0.15, 0.2) is 28.4 Å². The lowest BCUT2D eigenvalue weighted by molar-refractivity contribution is -0.136. The Morgan fingerprint density at radius 2 is 2.12 bits per heavy atom. The van der Waals surface area contributed by atoms with Crippen molar-refractivity contribution in [2.45, 2.75) is 25.2 Å². The molecule has 0 fully saturated rings. The molecule has 0 aliphatic carbocycles. The molecule has 0 aromatic carbocycles. The standard InChI is InChI=1S/C14H11ClF3N5S/c1-5(13-22-11(15)10(24)12(19)23-13)8-2-6-7(14(16,17)18)3-20-9(6)4-21-8/h2-5,12,20H,19H2,1H3. The molecule has 0 saturated carbocycles. The molecule has 3 N–H and O–H groups in total. The molecule has 126 valence electrons. The SMILES string of the molecule is CC(C1=NC(N)C(=S)C(Cl)=N1)c1cc2c(C(F)(F)F)c[nH]c2cn1. The molecule has 2 unspecified atom stereocenters. The first kappa shape index (κ1) is 17.0. The summed E-state index contributed by atoms with van der Waals surface area (Å²) in [5.41, 5.74) is 5.68. The molecule has 1 aliphatic heterocycles. The molecule has 5 nitrogen and oxygen atoms in total.